The van der Waals surface area contributed by atoms with E-state index in [-0.39, 0.29) is 17.3 Å². The Bertz CT molecular complexity index is 718. The first-order valence-corrected chi connectivity index (χ1v) is 10.9. The van der Waals surface area contributed by atoms with Gasteiger partial charge in [0.25, 0.3) is 5.91 Å². The summed E-state index contributed by atoms with van der Waals surface area (Å²) < 4.78 is 31.7. The van der Waals surface area contributed by atoms with Crippen molar-refractivity contribution in [2.45, 2.75) is 50.9 Å². The van der Waals surface area contributed by atoms with E-state index in [1.807, 2.05) is 13.8 Å². The number of sulfonamides is 1. The second-order valence-corrected chi connectivity index (χ2v) is 9.70. The van der Waals surface area contributed by atoms with Crippen molar-refractivity contribution in [2.24, 2.45) is 5.92 Å². The van der Waals surface area contributed by atoms with Gasteiger partial charge >= 0.3 is 0 Å². The fourth-order valence-electron chi connectivity index (χ4n) is 3.24. The van der Waals surface area contributed by atoms with E-state index in [1.54, 1.807) is 28.6 Å². The second-order valence-electron chi connectivity index (χ2n) is 7.49. The van der Waals surface area contributed by atoms with Crippen LogP contribution >= 0.6 is 0 Å². The molecule has 1 aromatic carbocycles. The molecule has 1 aliphatic carbocycles. The zero-order chi connectivity index (χ0) is 18.7. The first-order valence-electron chi connectivity index (χ1n) is 9.40. The van der Waals surface area contributed by atoms with Crippen molar-refractivity contribution in [3.05, 3.63) is 29.8 Å². The van der Waals surface area contributed by atoms with E-state index in [9.17, 15) is 13.2 Å². The standard InChI is InChI=1S/C19H28N2O4S/c1-14(2)25-17-5-3-16(4-6-17)19(22)20-13-15-9-11-21(12-10-15)26(23,24)18-7-8-18/h3-6,14-15,18H,7-13H2,1-2H3,(H,20,22). The van der Waals surface area contributed by atoms with E-state index >= 15 is 0 Å². The minimum absolute atomic E-state index is 0.101. The van der Waals surface area contributed by atoms with Crippen molar-refractivity contribution >= 4 is 15.9 Å². The number of hydrogen-bond donors (Lipinski definition) is 1. The van der Waals surface area contributed by atoms with Crippen LogP contribution in [0.15, 0.2) is 24.3 Å². The number of ether oxygens (including phenoxy) is 1. The second kappa shape index (κ2) is 7.96. The van der Waals surface area contributed by atoms with Gasteiger partial charge in [-0.1, -0.05) is 0 Å². The SMILES string of the molecule is CC(C)Oc1ccc(C(=O)NCC2CCN(S(=O)(=O)C3CC3)CC2)cc1. The summed E-state index contributed by atoms with van der Waals surface area (Å²) in [6.45, 7) is 5.64. The predicted octanol–water partition coefficient (Wildman–Crippen LogP) is 2.41. The fourth-order valence-corrected chi connectivity index (χ4v) is 5.11. The van der Waals surface area contributed by atoms with Gasteiger partial charge in [-0.25, -0.2) is 12.7 Å². The minimum atomic E-state index is -3.07. The Morgan fingerprint density at radius 1 is 1.15 bits per heavy atom. The highest BCUT2D eigenvalue weighted by Crippen LogP contribution is 2.33. The molecule has 0 unspecified atom stereocenters. The normalized spacial score (nSPS) is 19.5. The molecule has 0 radical (unpaired) electrons. The van der Waals surface area contributed by atoms with Crippen LogP contribution in [0.1, 0.15) is 49.9 Å². The predicted molar refractivity (Wildman–Crippen MR) is 101 cm³/mol. The highest BCUT2D eigenvalue weighted by molar-refractivity contribution is 7.90. The smallest absolute Gasteiger partial charge is 0.251 e. The molecule has 1 aliphatic heterocycles. The molecule has 0 spiro atoms. The summed E-state index contributed by atoms with van der Waals surface area (Å²) in [4.78, 5) is 12.3. The lowest BCUT2D eigenvalue weighted by Crippen LogP contribution is -2.42. The monoisotopic (exact) mass is 380 g/mol. The maximum atomic E-state index is 12.3. The molecule has 0 aromatic heterocycles. The Morgan fingerprint density at radius 3 is 2.31 bits per heavy atom. The molecule has 6 nitrogen and oxygen atoms in total. The van der Waals surface area contributed by atoms with Gasteiger partial charge in [0.1, 0.15) is 5.75 Å². The van der Waals surface area contributed by atoms with Crippen LogP contribution in [-0.4, -0.2) is 49.6 Å². The van der Waals surface area contributed by atoms with Gasteiger partial charge in [0.2, 0.25) is 10.0 Å². The first kappa shape index (κ1) is 19.2. The Labute approximate surface area is 156 Å². The van der Waals surface area contributed by atoms with Crippen molar-refractivity contribution in [1.82, 2.24) is 9.62 Å². The molecule has 1 saturated carbocycles. The number of piperidine rings is 1. The quantitative estimate of drug-likeness (QED) is 0.788. The van der Waals surface area contributed by atoms with Gasteiger partial charge < -0.3 is 10.1 Å². The number of carbonyl (C=O) groups excluding carboxylic acids is 1. The number of nitrogens with one attached hydrogen (secondary N) is 1. The van der Waals surface area contributed by atoms with E-state index in [4.69, 9.17) is 4.74 Å². The van der Waals surface area contributed by atoms with Crippen LogP contribution in [0.5, 0.6) is 5.75 Å². The van der Waals surface area contributed by atoms with E-state index in [0.717, 1.165) is 31.4 Å². The van der Waals surface area contributed by atoms with E-state index < -0.39 is 10.0 Å². The van der Waals surface area contributed by atoms with Crippen molar-refractivity contribution in [3.8, 4) is 5.75 Å². The van der Waals surface area contributed by atoms with Crippen molar-refractivity contribution in [1.29, 1.82) is 0 Å². The van der Waals surface area contributed by atoms with Crippen LogP contribution in [0.2, 0.25) is 0 Å². The molecule has 26 heavy (non-hydrogen) atoms. The maximum Gasteiger partial charge on any atom is 0.251 e. The van der Waals surface area contributed by atoms with Gasteiger partial charge in [-0.3, -0.25) is 4.79 Å². The molecule has 1 amide bonds. The summed E-state index contributed by atoms with van der Waals surface area (Å²) in [6, 6.07) is 7.13. The summed E-state index contributed by atoms with van der Waals surface area (Å²) in [7, 11) is -3.07. The number of carbonyl (C=O) groups is 1. The van der Waals surface area contributed by atoms with Crippen LogP contribution in [-0.2, 0) is 10.0 Å². The average molecular weight is 381 g/mol. The Morgan fingerprint density at radius 2 is 1.77 bits per heavy atom. The summed E-state index contributed by atoms with van der Waals surface area (Å²) in [5, 5.41) is 2.83. The summed E-state index contributed by atoms with van der Waals surface area (Å²) in [6.07, 6.45) is 3.31. The molecular formula is C19H28N2O4S. The molecule has 0 bridgehead atoms. The topological polar surface area (TPSA) is 75.7 Å². The van der Waals surface area contributed by atoms with Crippen LogP contribution in [0, 0.1) is 5.92 Å². The third-order valence-electron chi connectivity index (χ3n) is 4.92. The van der Waals surface area contributed by atoms with Crippen LogP contribution in [0.3, 0.4) is 0 Å². The van der Waals surface area contributed by atoms with Crippen LogP contribution < -0.4 is 10.1 Å². The summed E-state index contributed by atoms with van der Waals surface area (Å²) in [5.74, 6) is 0.975. The highest BCUT2D eigenvalue weighted by atomic mass is 32.2. The lowest BCUT2D eigenvalue weighted by Gasteiger charge is -2.31. The third-order valence-corrected chi connectivity index (χ3v) is 7.32. The third kappa shape index (κ3) is 4.76. The number of amides is 1. The zero-order valence-electron chi connectivity index (χ0n) is 15.5. The van der Waals surface area contributed by atoms with Gasteiger partial charge in [-0.15, -0.1) is 0 Å². The highest BCUT2D eigenvalue weighted by Gasteiger charge is 2.41. The van der Waals surface area contributed by atoms with Gasteiger partial charge in [0.05, 0.1) is 11.4 Å². The number of rotatable bonds is 7. The number of nitrogens with zero attached hydrogens (tertiary/aromatic N) is 1. The molecule has 2 aliphatic rings. The maximum absolute atomic E-state index is 12.3. The first-order chi connectivity index (χ1) is 12.4. The fraction of sp³-hybridized carbons (Fsp3) is 0.632. The number of hydrogen-bond acceptors (Lipinski definition) is 4. The largest absolute Gasteiger partial charge is 0.491 e. The lowest BCUT2D eigenvalue weighted by molar-refractivity contribution is 0.0941. The van der Waals surface area contributed by atoms with Crippen molar-refractivity contribution in [3.63, 3.8) is 0 Å². The van der Waals surface area contributed by atoms with Crippen molar-refractivity contribution < 1.29 is 17.9 Å². The molecule has 1 aromatic rings. The average Bonchev–Trinajstić information content (AvgIpc) is 3.46. The van der Waals surface area contributed by atoms with Crippen LogP contribution in [0.25, 0.3) is 0 Å². The Kier molecular flexibility index (Phi) is 5.87. The summed E-state index contributed by atoms with van der Waals surface area (Å²) >= 11 is 0. The lowest BCUT2D eigenvalue weighted by atomic mass is 9.98. The molecule has 3 rings (SSSR count). The van der Waals surface area contributed by atoms with Gasteiger partial charge in [-0.05, 0) is 69.7 Å². The molecule has 1 N–H and O–H groups in total. The summed E-state index contributed by atoms with van der Waals surface area (Å²) in [5.41, 5.74) is 0.606. The number of benzene rings is 1. The molecule has 7 heteroatoms. The molecular weight excluding hydrogens is 352 g/mol. The van der Waals surface area contributed by atoms with Gasteiger partial charge in [0, 0.05) is 25.2 Å². The Balaban J connectivity index is 1.44. The van der Waals surface area contributed by atoms with Crippen molar-refractivity contribution in [2.75, 3.05) is 19.6 Å². The molecule has 1 saturated heterocycles. The zero-order valence-corrected chi connectivity index (χ0v) is 16.3. The minimum Gasteiger partial charge on any atom is -0.491 e. The van der Waals surface area contributed by atoms with Gasteiger partial charge in [-0.2, -0.15) is 0 Å². The Hall–Kier alpha value is -1.60. The van der Waals surface area contributed by atoms with E-state index in [2.05, 4.69) is 5.32 Å². The van der Waals surface area contributed by atoms with E-state index in [0.29, 0.717) is 31.1 Å². The van der Waals surface area contributed by atoms with Gasteiger partial charge in [0.15, 0.2) is 0 Å². The van der Waals surface area contributed by atoms with Crippen LogP contribution in [0.4, 0.5) is 0 Å². The molecule has 0 atom stereocenters. The molecule has 1 heterocycles. The van der Waals surface area contributed by atoms with E-state index in [1.165, 1.54) is 0 Å². The molecule has 144 valence electrons. The molecule has 2 fully saturated rings.